The van der Waals surface area contributed by atoms with E-state index < -0.39 is 31.3 Å². The second-order valence-electron chi connectivity index (χ2n) is 14.1. The van der Waals surface area contributed by atoms with Gasteiger partial charge in [-0.25, -0.2) is 23.4 Å². The number of aromatic nitrogens is 5. The van der Waals surface area contributed by atoms with Crippen LogP contribution in [0.4, 0.5) is 14.6 Å². The van der Waals surface area contributed by atoms with Crippen LogP contribution in [0.15, 0.2) is 30.6 Å². The first-order chi connectivity index (χ1) is 22.2. The lowest BCUT2D eigenvalue weighted by Gasteiger charge is -2.49. The first-order valence-corrected chi connectivity index (χ1v) is 19.7. The van der Waals surface area contributed by atoms with Gasteiger partial charge in [-0.2, -0.15) is 0 Å². The van der Waals surface area contributed by atoms with Crippen molar-refractivity contribution >= 4 is 25.7 Å². The number of nitrogens with one attached hydrogen (secondary N) is 1. The molecule has 1 unspecified atom stereocenters. The molecule has 1 saturated heterocycles. The lowest BCUT2D eigenvalue weighted by molar-refractivity contribution is -0.146. The van der Waals surface area contributed by atoms with E-state index in [2.05, 4.69) is 45.2 Å². The van der Waals surface area contributed by atoms with Crippen molar-refractivity contribution in [2.75, 3.05) is 31.6 Å². The summed E-state index contributed by atoms with van der Waals surface area (Å²) in [5.41, 5.74) is 1.43. The van der Waals surface area contributed by atoms with E-state index in [1.807, 2.05) is 35.3 Å². The molecule has 0 bridgehead atoms. The van der Waals surface area contributed by atoms with Gasteiger partial charge in [0.05, 0.1) is 35.4 Å². The maximum absolute atomic E-state index is 13.9. The molecule has 2 aromatic heterocycles. The lowest BCUT2D eigenvalue weighted by atomic mass is 9.86. The summed E-state index contributed by atoms with van der Waals surface area (Å²) >= 11 is 0. The number of hydrogen-bond donors (Lipinski definition) is 1. The van der Waals surface area contributed by atoms with Gasteiger partial charge in [0.1, 0.15) is 12.5 Å². The minimum Gasteiger partial charge on any atom is -0.434 e. The summed E-state index contributed by atoms with van der Waals surface area (Å²) in [7, 11) is -1.17. The number of carbonyl (C=O) groups excluding carboxylic acids is 2. The number of carbonyl (C=O) groups is 2. The summed E-state index contributed by atoms with van der Waals surface area (Å²) in [6, 6.07) is 3.53. The molecule has 254 valence electrons. The van der Waals surface area contributed by atoms with Crippen molar-refractivity contribution in [1.82, 2.24) is 34.8 Å². The monoisotopic (exact) mass is 670 g/mol. The number of ether oxygens (including phenoxy) is 2. The fourth-order valence-electron chi connectivity index (χ4n) is 5.94. The van der Waals surface area contributed by atoms with Crippen molar-refractivity contribution in [2.24, 2.45) is 5.92 Å². The third-order valence-electron chi connectivity index (χ3n) is 8.76. The summed E-state index contributed by atoms with van der Waals surface area (Å²) in [6.07, 6.45) is 4.56. The van der Waals surface area contributed by atoms with Crippen molar-refractivity contribution in [3.63, 3.8) is 0 Å². The van der Waals surface area contributed by atoms with Gasteiger partial charge in [0.15, 0.2) is 17.4 Å². The van der Waals surface area contributed by atoms with Crippen LogP contribution in [-0.4, -0.2) is 92.5 Å². The molecular formula is C32H44F2N8O4Si. The highest BCUT2D eigenvalue weighted by molar-refractivity contribution is 6.76. The third kappa shape index (κ3) is 8.56. The van der Waals surface area contributed by atoms with Crippen LogP contribution < -0.4 is 10.1 Å². The predicted molar refractivity (Wildman–Crippen MR) is 174 cm³/mol. The predicted octanol–water partition coefficient (Wildman–Crippen LogP) is 4.51. The molecule has 5 rings (SSSR count). The van der Waals surface area contributed by atoms with Crippen LogP contribution in [-0.2, 0) is 33.9 Å². The van der Waals surface area contributed by atoms with Gasteiger partial charge in [-0.05, 0) is 51.8 Å². The number of rotatable bonds is 11. The van der Waals surface area contributed by atoms with E-state index in [1.165, 1.54) is 12.4 Å². The molecule has 0 spiro atoms. The molecule has 2 amide bonds. The SMILES string of the molecule is C[C@@H](C(=O)Nc1cnc(Oc2ccc(F)cc2F)cn1)N1CCN(C(=O)C2CCc3c(nnn3COCC[Si](C)(C)C)C2)C(C)(C)C1. The molecule has 3 aromatic rings. The Bertz CT molecular complexity index is 1580. The Morgan fingerprint density at radius 1 is 1.15 bits per heavy atom. The van der Waals surface area contributed by atoms with Gasteiger partial charge in [0.2, 0.25) is 17.7 Å². The number of hydrogen-bond acceptors (Lipinski definition) is 9. The Morgan fingerprint density at radius 2 is 1.94 bits per heavy atom. The van der Waals surface area contributed by atoms with Gasteiger partial charge in [-0.3, -0.25) is 14.5 Å². The van der Waals surface area contributed by atoms with Crippen LogP contribution in [0.2, 0.25) is 25.7 Å². The van der Waals surface area contributed by atoms with Crippen molar-refractivity contribution < 1.29 is 27.8 Å². The Kier molecular flexibility index (Phi) is 10.4. The normalized spacial score (nSPS) is 18.8. The minimum absolute atomic E-state index is 0.00948. The highest BCUT2D eigenvalue weighted by Gasteiger charge is 2.42. The summed E-state index contributed by atoms with van der Waals surface area (Å²) < 4.78 is 40.1. The van der Waals surface area contributed by atoms with E-state index in [9.17, 15) is 18.4 Å². The van der Waals surface area contributed by atoms with Gasteiger partial charge in [-0.1, -0.05) is 24.9 Å². The molecule has 1 fully saturated rings. The molecule has 47 heavy (non-hydrogen) atoms. The van der Waals surface area contributed by atoms with Crippen LogP contribution in [0.3, 0.4) is 0 Å². The van der Waals surface area contributed by atoms with Crippen LogP contribution >= 0.6 is 0 Å². The number of benzene rings is 1. The fraction of sp³-hybridized carbons (Fsp3) is 0.562. The minimum atomic E-state index is -1.17. The molecule has 1 aromatic carbocycles. The Morgan fingerprint density at radius 3 is 2.62 bits per heavy atom. The highest BCUT2D eigenvalue weighted by Crippen LogP contribution is 2.31. The number of amides is 2. The van der Waals surface area contributed by atoms with E-state index in [0.29, 0.717) is 45.5 Å². The number of fused-ring (bicyclic) bond motifs is 1. The number of nitrogens with zero attached hydrogens (tertiary/aromatic N) is 7. The van der Waals surface area contributed by atoms with Gasteiger partial charge in [0.25, 0.3) is 0 Å². The molecule has 1 aliphatic heterocycles. The summed E-state index contributed by atoms with van der Waals surface area (Å²) in [5, 5.41) is 11.5. The van der Waals surface area contributed by atoms with Gasteiger partial charge < -0.3 is 19.7 Å². The van der Waals surface area contributed by atoms with Crippen LogP contribution in [0.25, 0.3) is 0 Å². The zero-order valence-electron chi connectivity index (χ0n) is 27.9. The van der Waals surface area contributed by atoms with Crippen molar-refractivity contribution in [1.29, 1.82) is 0 Å². The van der Waals surface area contributed by atoms with E-state index in [0.717, 1.165) is 42.4 Å². The Labute approximate surface area is 274 Å². The second kappa shape index (κ2) is 14.1. The quantitative estimate of drug-likeness (QED) is 0.232. The Balaban J connectivity index is 1.12. The molecule has 0 radical (unpaired) electrons. The van der Waals surface area contributed by atoms with Crippen molar-refractivity contribution in [3.05, 3.63) is 53.6 Å². The highest BCUT2D eigenvalue weighted by atomic mass is 28.3. The topological polar surface area (TPSA) is 128 Å². The molecule has 0 saturated carbocycles. The molecule has 3 heterocycles. The average molecular weight is 671 g/mol. The largest absolute Gasteiger partial charge is 0.434 e. The van der Waals surface area contributed by atoms with Gasteiger partial charge in [-0.15, -0.1) is 5.10 Å². The average Bonchev–Trinajstić information content (AvgIpc) is 3.42. The molecule has 2 aliphatic rings. The number of piperazine rings is 1. The van der Waals surface area contributed by atoms with Gasteiger partial charge in [0, 0.05) is 52.7 Å². The smallest absolute Gasteiger partial charge is 0.242 e. The van der Waals surface area contributed by atoms with Crippen molar-refractivity contribution in [3.8, 4) is 11.6 Å². The van der Waals surface area contributed by atoms with Crippen LogP contribution in [0.5, 0.6) is 11.6 Å². The maximum Gasteiger partial charge on any atom is 0.242 e. The van der Waals surface area contributed by atoms with Gasteiger partial charge >= 0.3 is 0 Å². The first-order valence-electron chi connectivity index (χ1n) is 16.0. The van der Waals surface area contributed by atoms with Crippen molar-refractivity contribution in [2.45, 2.75) is 84.0 Å². The molecule has 15 heteroatoms. The molecular weight excluding hydrogens is 626 g/mol. The molecule has 12 nitrogen and oxygen atoms in total. The third-order valence-corrected chi connectivity index (χ3v) is 10.5. The van der Waals surface area contributed by atoms with E-state index >= 15 is 0 Å². The zero-order valence-corrected chi connectivity index (χ0v) is 28.9. The number of halogens is 2. The van der Waals surface area contributed by atoms with Crippen LogP contribution in [0, 0.1) is 17.6 Å². The summed E-state index contributed by atoms with van der Waals surface area (Å²) in [4.78, 5) is 39.2. The molecule has 2 atom stereocenters. The van der Waals surface area contributed by atoms with E-state index in [4.69, 9.17) is 9.47 Å². The molecule has 1 aliphatic carbocycles. The van der Waals surface area contributed by atoms with E-state index in [-0.39, 0.29) is 35.2 Å². The van der Waals surface area contributed by atoms with E-state index in [1.54, 1.807) is 0 Å². The summed E-state index contributed by atoms with van der Waals surface area (Å²) in [6.45, 7) is 15.5. The fourth-order valence-corrected chi connectivity index (χ4v) is 6.70. The standard InChI is InChI=1S/C32H44F2N8O4Si/c1-21(30(43)37-28-17-36-29(18-35-28)46-27-10-8-23(33)16-24(27)34)40-11-12-41(32(2,3)19-40)31(44)22-7-9-26-25(15-22)38-39-42(26)20-45-13-14-47(4,5)6/h8,10,16-18,21-22H,7,9,11-15,19-20H2,1-6H3,(H,35,37,43)/t21-,22?/m0/s1. The zero-order chi connectivity index (χ0) is 33.9. The van der Waals surface area contributed by atoms with Crippen LogP contribution in [0.1, 0.15) is 38.6 Å². The Hall–Kier alpha value is -3.82. The second-order valence-corrected chi connectivity index (χ2v) is 19.7. The maximum atomic E-state index is 13.9. The number of anilines is 1. The summed E-state index contributed by atoms with van der Waals surface area (Å²) in [5.74, 6) is -1.93. The first kappa shape index (κ1) is 34.5. The molecule has 1 N–H and O–H groups in total. The lowest BCUT2D eigenvalue weighted by Crippen LogP contribution is -2.64.